The van der Waals surface area contributed by atoms with Crippen molar-refractivity contribution in [2.24, 2.45) is 0 Å². The van der Waals surface area contributed by atoms with Crippen LogP contribution in [-0.2, 0) is 0 Å². The SMILES string of the molecule is c1ccc(-c2nc3ccc4ccc5cc(-c6ccc(-c7ccc8c9c(cccc79)-c7ccccc7-8)c7ccccc67)ccc5c4c3s2)cc1.c1ccc(-c2nc3ccc4ccc5cc(-c6ccc(-c7ccc8c9ccccc9c9ccccc9c8c7)c7ccccc67)ccc5c4c3s2)cc1.c1ccc(-c2nc3ccc4ccc5ccc(-c6ccc(-c7ccc8c9c(cccc79)-c7ccccc7-8)cc6)cc5c4c3o2)cc1. The highest BCUT2D eigenvalue weighted by Crippen LogP contribution is 2.54. The Labute approximate surface area is 842 Å². The predicted octanol–water partition coefficient (Wildman–Crippen LogP) is 39.7. The fourth-order valence-electron chi connectivity index (χ4n) is 23.8. The summed E-state index contributed by atoms with van der Waals surface area (Å²) >= 11 is 3.58. The largest absolute Gasteiger partial charge is 0.435 e. The Kier molecular flexibility index (Phi) is 18.8. The van der Waals surface area contributed by atoms with Crippen LogP contribution in [-0.4, -0.2) is 15.0 Å². The van der Waals surface area contributed by atoms with Crippen LogP contribution in [0.25, 0.3) is 315 Å². The molecule has 3 heterocycles. The molecular weight excluding hydrogens is 1790 g/mol. The van der Waals surface area contributed by atoms with Gasteiger partial charge in [0.05, 0.1) is 20.4 Å². The Balaban J connectivity index is 0.000000101. The molecule has 0 bridgehead atoms. The quantitative estimate of drug-likeness (QED) is 0.135. The molecule has 30 aromatic rings. The number of rotatable bonds is 9. The Morgan fingerprint density at radius 3 is 0.952 bits per heavy atom. The van der Waals surface area contributed by atoms with Crippen LogP contribution in [0, 0.1) is 0 Å². The number of aromatic nitrogens is 3. The van der Waals surface area contributed by atoms with Crippen molar-refractivity contribution in [3.8, 4) is 144 Å². The first kappa shape index (κ1) is 82.5. The van der Waals surface area contributed by atoms with Gasteiger partial charge in [0.15, 0.2) is 5.58 Å². The second kappa shape index (κ2) is 33.1. The van der Waals surface area contributed by atoms with Crippen molar-refractivity contribution in [3.05, 3.63) is 491 Å². The number of thiazole rings is 2. The molecular formula is C139H81N3OS2. The number of hydrogen-bond acceptors (Lipinski definition) is 6. The summed E-state index contributed by atoms with van der Waals surface area (Å²) in [6, 6.07) is 179. The van der Waals surface area contributed by atoms with Crippen molar-refractivity contribution in [2.75, 3.05) is 0 Å². The Morgan fingerprint density at radius 2 is 0.455 bits per heavy atom. The second-order valence-electron chi connectivity index (χ2n) is 38.4. The number of benzene rings is 27. The van der Waals surface area contributed by atoms with E-state index in [9.17, 15) is 0 Å². The van der Waals surface area contributed by atoms with Crippen LogP contribution < -0.4 is 0 Å². The maximum atomic E-state index is 6.45. The second-order valence-corrected chi connectivity index (χ2v) is 40.4. The van der Waals surface area contributed by atoms with Gasteiger partial charge in [0.1, 0.15) is 15.5 Å². The molecule has 32 rings (SSSR count). The van der Waals surface area contributed by atoms with Crippen LogP contribution in [0.5, 0.6) is 0 Å². The van der Waals surface area contributed by atoms with E-state index in [1.807, 2.05) is 30.3 Å². The van der Waals surface area contributed by atoms with Crippen molar-refractivity contribution in [1.29, 1.82) is 0 Å². The molecule has 4 nitrogen and oxygen atoms in total. The van der Waals surface area contributed by atoms with Gasteiger partial charge in [-0.3, -0.25) is 0 Å². The zero-order valence-corrected chi connectivity index (χ0v) is 80.0. The van der Waals surface area contributed by atoms with Gasteiger partial charge < -0.3 is 4.42 Å². The van der Waals surface area contributed by atoms with Crippen molar-refractivity contribution >= 4 is 194 Å². The van der Waals surface area contributed by atoms with E-state index >= 15 is 0 Å². The number of fused-ring (bicyclic) bond motifs is 29. The summed E-state index contributed by atoms with van der Waals surface area (Å²) in [7, 11) is 0. The van der Waals surface area contributed by atoms with Gasteiger partial charge in [-0.15, -0.1) is 22.7 Å². The zero-order chi connectivity index (χ0) is 95.0. The fourth-order valence-corrected chi connectivity index (χ4v) is 26.1. The molecule has 2 aliphatic carbocycles. The molecule has 670 valence electrons. The zero-order valence-electron chi connectivity index (χ0n) is 78.3. The highest BCUT2D eigenvalue weighted by molar-refractivity contribution is 7.23. The van der Waals surface area contributed by atoms with Crippen LogP contribution in [0.1, 0.15) is 0 Å². The lowest BCUT2D eigenvalue weighted by atomic mass is 9.88. The average molecular weight is 1870 g/mol. The third kappa shape index (κ3) is 13.3. The molecule has 6 heteroatoms. The van der Waals surface area contributed by atoms with Crippen LogP contribution >= 0.6 is 22.7 Å². The Hall–Kier alpha value is -18.4. The summed E-state index contributed by atoms with van der Waals surface area (Å²) in [5, 5.41) is 35.0. The molecule has 0 saturated heterocycles. The maximum absolute atomic E-state index is 6.45. The molecule has 3 aromatic heterocycles. The summed E-state index contributed by atoms with van der Waals surface area (Å²) in [6.07, 6.45) is 0. The first-order valence-corrected chi connectivity index (χ1v) is 51.3. The lowest BCUT2D eigenvalue weighted by Gasteiger charge is -2.15. The minimum Gasteiger partial charge on any atom is -0.435 e. The van der Waals surface area contributed by atoms with Crippen LogP contribution in [0.3, 0.4) is 0 Å². The topological polar surface area (TPSA) is 51.8 Å². The van der Waals surface area contributed by atoms with E-state index < -0.39 is 0 Å². The summed E-state index contributed by atoms with van der Waals surface area (Å²) in [4.78, 5) is 14.9. The van der Waals surface area contributed by atoms with E-state index in [4.69, 9.17) is 19.4 Å². The molecule has 0 spiro atoms. The molecule has 0 N–H and O–H groups in total. The fraction of sp³-hybridized carbons (Fsp3) is 0. The van der Waals surface area contributed by atoms with E-state index in [2.05, 4.69) is 461 Å². The molecule has 0 unspecified atom stereocenters. The Morgan fingerprint density at radius 1 is 0.145 bits per heavy atom. The summed E-state index contributed by atoms with van der Waals surface area (Å²) < 4.78 is 8.95. The normalized spacial score (nSPS) is 12.0. The Bertz CT molecular complexity index is 10600. The molecule has 0 atom stereocenters. The summed E-state index contributed by atoms with van der Waals surface area (Å²) in [6.45, 7) is 0. The average Bonchev–Trinajstić information content (AvgIpc) is 1.62. The molecule has 0 saturated carbocycles. The van der Waals surface area contributed by atoms with Crippen molar-refractivity contribution in [2.45, 2.75) is 0 Å². The van der Waals surface area contributed by atoms with E-state index in [0.717, 1.165) is 59.6 Å². The highest BCUT2D eigenvalue weighted by Gasteiger charge is 2.28. The summed E-state index contributed by atoms with van der Waals surface area (Å²) in [5.41, 5.74) is 32.6. The van der Waals surface area contributed by atoms with Crippen LogP contribution in [0.15, 0.2) is 496 Å². The van der Waals surface area contributed by atoms with Gasteiger partial charge in [-0.2, -0.15) is 0 Å². The molecule has 145 heavy (non-hydrogen) atoms. The van der Waals surface area contributed by atoms with Crippen molar-refractivity contribution in [3.63, 3.8) is 0 Å². The highest BCUT2D eigenvalue weighted by atomic mass is 32.1. The van der Waals surface area contributed by atoms with Gasteiger partial charge in [-0.1, -0.05) is 437 Å². The smallest absolute Gasteiger partial charge is 0.227 e. The predicted molar refractivity (Wildman–Crippen MR) is 619 cm³/mol. The van der Waals surface area contributed by atoms with Crippen LogP contribution in [0.2, 0.25) is 0 Å². The first-order chi connectivity index (χ1) is 71.9. The molecule has 0 fully saturated rings. The molecule has 27 aromatic carbocycles. The van der Waals surface area contributed by atoms with Gasteiger partial charge in [0.25, 0.3) is 0 Å². The molecule has 2 aliphatic rings. The maximum Gasteiger partial charge on any atom is 0.227 e. The first-order valence-electron chi connectivity index (χ1n) is 49.6. The van der Waals surface area contributed by atoms with Gasteiger partial charge in [0.2, 0.25) is 5.89 Å². The third-order valence-electron chi connectivity index (χ3n) is 30.6. The standard InChI is InChI=1S/C49H29NS.C47H27NS.C43H25NO/c1-2-10-31(11-3-1)49-50-46-27-22-30-18-19-33-28-32(20-23-37(33)47(30)48(46)51-49)35-25-26-36(39-13-5-4-12-38(35)39)34-21-24-44-42-16-7-6-14-40(42)41-15-8-9-17-43(41)45(44)29-34;1-2-9-29(10-3-1)47-48-43-26-20-28-17-18-31-27-30(19-21-33(31)44(28)46(43)49-47)32-22-23-38(35-12-5-4-11-34(32)35)39-24-25-42-37-14-7-6-13-36(37)40-15-8-16-41(39)45(40)42;1-2-7-30(8-3-1)43-44-39-24-21-29-19-17-28-18-20-31(25-38(28)40(29)42(39)45-43)26-13-15-27(16-14-26)32-22-23-37-34-10-5-4-9-33(34)36-12-6-11-35(32)41(36)37/h1-29H;1-27H;1-25H. The van der Waals surface area contributed by atoms with Crippen LogP contribution in [0.4, 0.5) is 0 Å². The molecule has 0 amide bonds. The van der Waals surface area contributed by atoms with E-state index in [1.165, 1.54) is 250 Å². The number of nitrogens with zero attached hydrogens (tertiary/aromatic N) is 3. The van der Waals surface area contributed by atoms with Gasteiger partial charge in [-0.25, -0.2) is 15.0 Å². The third-order valence-corrected chi connectivity index (χ3v) is 32.8. The summed E-state index contributed by atoms with van der Waals surface area (Å²) in [5.74, 6) is 0.647. The van der Waals surface area contributed by atoms with Gasteiger partial charge in [0, 0.05) is 32.8 Å². The monoisotopic (exact) mass is 1870 g/mol. The minimum atomic E-state index is 0.647. The van der Waals surface area contributed by atoms with Gasteiger partial charge >= 0.3 is 0 Å². The van der Waals surface area contributed by atoms with E-state index in [-0.39, 0.29) is 0 Å². The lowest BCUT2D eigenvalue weighted by Crippen LogP contribution is -1.88. The van der Waals surface area contributed by atoms with E-state index in [1.54, 1.807) is 22.7 Å². The minimum absolute atomic E-state index is 0.647. The van der Waals surface area contributed by atoms with Gasteiger partial charge in [-0.05, 0) is 290 Å². The van der Waals surface area contributed by atoms with Crippen molar-refractivity contribution in [1.82, 2.24) is 15.0 Å². The lowest BCUT2D eigenvalue weighted by molar-refractivity contribution is 0.623. The number of hydrogen-bond donors (Lipinski definition) is 0. The molecule has 0 radical (unpaired) electrons. The number of oxazole rings is 1. The van der Waals surface area contributed by atoms with Crippen molar-refractivity contribution < 1.29 is 4.42 Å². The molecule has 0 aliphatic heterocycles. The van der Waals surface area contributed by atoms with E-state index in [0.29, 0.717) is 5.89 Å².